The van der Waals surface area contributed by atoms with Gasteiger partial charge in [0.05, 0.1) is 0 Å². The molecule has 0 aliphatic heterocycles. The van der Waals surface area contributed by atoms with E-state index in [1.165, 1.54) is 16.7 Å². The number of nitrogens with zero attached hydrogens (tertiary/aromatic N) is 2. The first kappa shape index (κ1) is 17.9. The second-order valence-electron chi connectivity index (χ2n) is 6.51. The van der Waals surface area contributed by atoms with Crippen LogP contribution < -0.4 is 10.6 Å². The highest BCUT2D eigenvalue weighted by Crippen LogP contribution is 2.13. The molecule has 0 amide bonds. The molecule has 0 unspecified atom stereocenters. The lowest BCUT2D eigenvalue weighted by Crippen LogP contribution is -2.10. The largest absolute Gasteiger partial charge is 0.366 e. The summed E-state index contributed by atoms with van der Waals surface area (Å²) >= 11 is 0. The molecular weight excluding hydrogens is 320 g/mol. The van der Waals surface area contributed by atoms with Crippen LogP contribution in [0.3, 0.4) is 0 Å². The van der Waals surface area contributed by atoms with Crippen molar-refractivity contribution >= 4 is 11.8 Å². The maximum atomic E-state index is 4.59. The summed E-state index contributed by atoms with van der Waals surface area (Å²) in [5, 5.41) is 6.75. The second-order valence-corrected chi connectivity index (χ2v) is 6.51. The average Bonchev–Trinajstić information content (AvgIpc) is 2.65. The van der Waals surface area contributed by atoms with E-state index in [4.69, 9.17) is 0 Å². The smallest absolute Gasteiger partial charge is 0.224 e. The number of benzene rings is 2. The van der Waals surface area contributed by atoms with Gasteiger partial charge < -0.3 is 10.6 Å². The Morgan fingerprint density at radius 2 is 1.62 bits per heavy atom. The Morgan fingerprint density at radius 3 is 2.42 bits per heavy atom. The standard InChI is InChI=1S/C22H26N4/c1-17-9-6-7-13-20(17)16-24-21-15-18(2)25-22(26-21)23-14-8-12-19-10-4-3-5-11-19/h3-7,9-11,13,15H,8,12,14,16H2,1-2H3,(H2,23,24,25,26). The number of hydrogen-bond donors (Lipinski definition) is 2. The SMILES string of the molecule is Cc1cc(NCc2ccccc2C)nc(NCCCc2ccccc2)n1. The van der Waals surface area contributed by atoms with Gasteiger partial charge in [0.1, 0.15) is 5.82 Å². The first-order chi connectivity index (χ1) is 12.7. The Balaban J connectivity index is 1.53. The molecule has 3 rings (SSSR count). The number of aryl methyl sites for hydroxylation is 3. The van der Waals surface area contributed by atoms with E-state index in [-0.39, 0.29) is 0 Å². The van der Waals surface area contributed by atoms with Crippen LogP contribution in [-0.2, 0) is 13.0 Å². The minimum Gasteiger partial charge on any atom is -0.366 e. The van der Waals surface area contributed by atoms with E-state index in [1.54, 1.807) is 0 Å². The highest BCUT2D eigenvalue weighted by molar-refractivity contribution is 5.43. The normalized spacial score (nSPS) is 10.5. The van der Waals surface area contributed by atoms with Gasteiger partial charge in [-0.2, -0.15) is 4.98 Å². The molecule has 26 heavy (non-hydrogen) atoms. The zero-order valence-electron chi connectivity index (χ0n) is 15.5. The Hall–Kier alpha value is -2.88. The van der Waals surface area contributed by atoms with E-state index in [2.05, 4.69) is 76.1 Å². The van der Waals surface area contributed by atoms with Gasteiger partial charge in [-0.25, -0.2) is 4.98 Å². The summed E-state index contributed by atoms with van der Waals surface area (Å²) in [5.41, 5.74) is 4.88. The highest BCUT2D eigenvalue weighted by atomic mass is 15.1. The van der Waals surface area contributed by atoms with Crippen LogP contribution in [0.1, 0.15) is 28.8 Å². The average molecular weight is 346 g/mol. The Kier molecular flexibility index (Phi) is 6.20. The summed E-state index contributed by atoms with van der Waals surface area (Å²) < 4.78 is 0. The minimum absolute atomic E-state index is 0.686. The molecule has 2 aromatic carbocycles. The summed E-state index contributed by atoms with van der Waals surface area (Å²) in [5.74, 6) is 1.54. The first-order valence-corrected chi connectivity index (χ1v) is 9.12. The number of rotatable bonds is 8. The third kappa shape index (κ3) is 5.31. The highest BCUT2D eigenvalue weighted by Gasteiger charge is 2.03. The van der Waals surface area contributed by atoms with Crippen molar-refractivity contribution in [2.75, 3.05) is 17.2 Å². The van der Waals surface area contributed by atoms with Crippen LogP contribution in [-0.4, -0.2) is 16.5 Å². The summed E-state index contributed by atoms with van der Waals surface area (Å²) in [7, 11) is 0. The molecule has 0 radical (unpaired) electrons. The van der Waals surface area contributed by atoms with Gasteiger partial charge in [0.25, 0.3) is 0 Å². The molecule has 0 aliphatic carbocycles. The molecule has 0 bridgehead atoms. The summed E-state index contributed by atoms with van der Waals surface area (Å²) in [4.78, 5) is 9.08. The monoisotopic (exact) mass is 346 g/mol. The van der Waals surface area contributed by atoms with Crippen molar-refractivity contribution < 1.29 is 0 Å². The van der Waals surface area contributed by atoms with Crippen molar-refractivity contribution in [2.45, 2.75) is 33.2 Å². The lowest BCUT2D eigenvalue weighted by atomic mass is 10.1. The first-order valence-electron chi connectivity index (χ1n) is 9.12. The van der Waals surface area contributed by atoms with Crippen molar-refractivity contribution in [3.05, 3.63) is 83.0 Å². The van der Waals surface area contributed by atoms with Crippen molar-refractivity contribution in [1.82, 2.24) is 9.97 Å². The van der Waals surface area contributed by atoms with E-state index in [1.807, 2.05) is 19.1 Å². The van der Waals surface area contributed by atoms with Gasteiger partial charge in [0.2, 0.25) is 5.95 Å². The van der Waals surface area contributed by atoms with E-state index in [9.17, 15) is 0 Å². The molecule has 0 fully saturated rings. The van der Waals surface area contributed by atoms with Crippen LogP contribution in [0.15, 0.2) is 60.7 Å². The van der Waals surface area contributed by atoms with Crippen LogP contribution in [0, 0.1) is 13.8 Å². The molecule has 2 N–H and O–H groups in total. The van der Waals surface area contributed by atoms with E-state index >= 15 is 0 Å². The fourth-order valence-electron chi connectivity index (χ4n) is 2.87. The third-order valence-electron chi connectivity index (χ3n) is 4.34. The van der Waals surface area contributed by atoms with Crippen molar-refractivity contribution in [1.29, 1.82) is 0 Å². The number of aromatic nitrogens is 2. The van der Waals surface area contributed by atoms with Gasteiger partial charge >= 0.3 is 0 Å². The topological polar surface area (TPSA) is 49.8 Å². The van der Waals surface area contributed by atoms with E-state index in [0.717, 1.165) is 37.4 Å². The molecule has 0 atom stereocenters. The van der Waals surface area contributed by atoms with Gasteiger partial charge in [-0.05, 0) is 43.4 Å². The third-order valence-corrected chi connectivity index (χ3v) is 4.34. The van der Waals surface area contributed by atoms with Crippen LogP contribution in [0.2, 0.25) is 0 Å². The minimum atomic E-state index is 0.686. The van der Waals surface area contributed by atoms with Crippen LogP contribution in [0.5, 0.6) is 0 Å². The molecule has 134 valence electrons. The lowest BCUT2D eigenvalue weighted by molar-refractivity contribution is 0.851. The number of hydrogen-bond acceptors (Lipinski definition) is 4. The molecule has 4 nitrogen and oxygen atoms in total. The molecule has 0 saturated heterocycles. The van der Waals surface area contributed by atoms with E-state index in [0.29, 0.717) is 5.95 Å². The van der Waals surface area contributed by atoms with E-state index < -0.39 is 0 Å². The fraction of sp³-hybridized carbons (Fsp3) is 0.273. The molecule has 0 saturated carbocycles. The quantitative estimate of drug-likeness (QED) is 0.578. The van der Waals surface area contributed by atoms with Gasteiger partial charge in [-0.1, -0.05) is 54.6 Å². The van der Waals surface area contributed by atoms with Crippen LogP contribution in [0.25, 0.3) is 0 Å². The Morgan fingerprint density at radius 1 is 0.846 bits per heavy atom. The van der Waals surface area contributed by atoms with Gasteiger partial charge in [-0.15, -0.1) is 0 Å². The number of anilines is 2. The van der Waals surface area contributed by atoms with Crippen molar-refractivity contribution in [3.63, 3.8) is 0 Å². The maximum Gasteiger partial charge on any atom is 0.224 e. The Bertz CT molecular complexity index is 831. The molecule has 1 heterocycles. The molecule has 1 aromatic heterocycles. The second kappa shape index (κ2) is 8.99. The zero-order chi connectivity index (χ0) is 18.2. The van der Waals surface area contributed by atoms with Gasteiger partial charge in [0, 0.05) is 24.8 Å². The summed E-state index contributed by atoms with van der Waals surface area (Å²) in [6.07, 6.45) is 2.10. The zero-order valence-corrected chi connectivity index (χ0v) is 15.5. The lowest BCUT2D eigenvalue weighted by Gasteiger charge is -2.11. The molecule has 0 aliphatic rings. The molecule has 0 spiro atoms. The van der Waals surface area contributed by atoms with Crippen molar-refractivity contribution in [2.24, 2.45) is 0 Å². The van der Waals surface area contributed by atoms with Crippen LogP contribution >= 0.6 is 0 Å². The molecular formula is C22H26N4. The van der Waals surface area contributed by atoms with Gasteiger partial charge in [0.15, 0.2) is 0 Å². The summed E-state index contributed by atoms with van der Waals surface area (Å²) in [6, 6.07) is 20.9. The van der Waals surface area contributed by atoms with Gasteiger partial charge in [-0.3, -0.25) is 0 Å². The molecule has 3 aromatic rings. The van der Waals surface area contributed by atoms with Crippen molar-refractivity contribution in [3.8, 4) is 0 Å². The maximum absolute atomic E-state index is 4.59. The summed E-state index contributed by atoms with van der Waals surface area (Å²) in [6.45, 7) is 5.74. The van der Waals surface area contributed by atoms with Crippen LogP contribution in [0.4, 0.5) is 11.8 Å². The fourth-order valence-corrected chi connectivity index (χ4v) is 2.87. The number of nitrogens with one attached hydrogen (secondary N) is 2. The Labute approximate surface area is 155 Å². The predicted molar refractivity (Wildman–Crippen MR) is 109 cm³/mol. The molecule has 4 heteroatoms. The predicted octanol–water partition coefficient (Wildman–Crippen LogP) is 4.75.